The smallest absolute Gasteiger partial charge is 0.263 e. The topological polar surface area (TPSA) is 75.9 Å². The number of para-hydroxylation sites is 1. The highest BCUT2D eigenvalue weighted by Gasteiger charge is 2.27. The van der Waals surface area contributed by atoms with E-state index in [9.17, 15) is 9.59 Å². The fraction of sp³-hybridized carbons (Fsp3) is 0.500. The van der Waals surface area contributed by atoms with E-state index < -0.39 is 6.10 Å². The van der Waals surface area contributed by atoms with Crippen LogP contribution in [0.5, 0.6) is 5.75 Å². The number of amides is 2. The first-order chi connectivity index (χ1) is 10.5. The van der Waals surface area contributed by atoms with Crippen molar-refractivity contribution in [1.82, 2.24) is 9.80 Å². The van der Waals surface area contributed by atoms with E-state index in [-0.39, 0.29) is 30.8 Å². The maximum atomic E-state index is 12.4. The summed E-state index contributed by atoms with van der Waals surface area (Å²) < 4.78 is 5.76. The molecule has 1 atom stereocenters. The van der Waals surface area contributed by atoms with Gasteiger partial charge >= 0.3 is 0 Å². The van der Waals surface area contributed by atoms with Gasteiger partial charge < -0.3 is 20.3 Å². The third-order valence-electron chi connectivity index (χ3n) is 3.86. The highest BCUT2D eigenvalue weighted by atomic mass is 35.5. The number of carbonyl (C=O) groups excluding carboxylic acids is 2. The number of aryl methyl sites for hydroxylation is 1. The molecule has 2 amide bonds. The third kappa shape index (κ3) is 4.84. The number of halogens is 1. The Balaban J connectivity index is 0.00000264. The molecule has 0 spiro atoms. The van der Waals surface area contributed by atoms with Gasteiger partial charge in [0.1, 0.15) is 5.75 Å². The number of ether oxygens (including phenoxy) is 1. The number of piperazine rings is 1. The Morgan fingerprint density at radius 2 is 1.74 bits per heavy atom. The highest BCUT2D eigenvalue weighted by molar-refractivity contribution is 5.85. The van der Waals surface area contributed by atoms with E-state index >= 15 is 0 Å². The van der Waals surface area contributed by atoms with Crippen molar-refractivity contribution in [3.8, 4) is 5.75 Å². The minimum atomic E-state index is -0.544. The first-order valence-electron chi connectivity index (χ1n) is 7.52. The Labute approximate surface area is 143 Å². The number of rotatable bonds is 4. The maximum absolute atomic E-state index is 12.4. The van der Waals surface area contributed by atoms with Gasteiger partial charge in [0.05, 0.1) is 6.54 Å². The molecule has 1 aliphatic rings. The molecule has 0 aromatic heterocycles. The highest BCUT2D eigenvalue weighted by Crippen LogP contribution is 2.18. The minimum absolute atomic E-state index is 0. The molecule has 6 nitrogen and oxygen atoms in total. The van der Waals surface area contributed by atoms with E-state index in [1.807, 2.05) is 31.2 Å². The molecule has 0 radical (unpaired) electrons. The number of nitrogens with zero attached hydrogens (tertiary/aromatic N) is 2. The van der Waals surface area contributed by atoms with Crippen molar-refractivity contribution in [2.24, 2.45) is 5.73 Å². The summed E-state index contributed by atoms with van der Waals surface area (Å²) in [7, 11) is 0. The van der Waals surface area contributed by atoms with Gasteiger partial charge in [-0.25, -0.2) is 0 Å². The van der Waals surface area contributed by atoms with Gasteiger partial charge in [0, 0.05) is 26.2 Å². The number of hydrogen-bond donors (Lipinski definition) is 1. The standard InChI is InChI=1S/C16H23N3O3.ClH/c1-12-5-3-4-6-14(12)22-13(2)16(21)19-9-7-18(8-10-19)15(20)11-17;/h3-6,13H,7-11,17H2,1-2H3;1H. The molecule has 1 saturated heterocycles. The Hall–Kier alpha value is -1.79. The monoisotopic (exact) mass is 341 g/mol. The van der Waals surface area contributed by atoms with Gasteiger partial charge in [0.15, 0.2) is 6.10 Å². The van der Waals surface area contributed by atoms with Crippen molar-refractivity contribution in [3.05, 3.63) is 29.8 Å². The second-order valence-electron chi connectivity index (χ2n) is 5.44. The Morgan fingerprint density at radius 3 is 2.30 bits per heavy atom. The lowest BCUT2D eigenvalue weighted by molar-refractivity contribution is -0.143. The normalized spacial score (nSPS) is 15.6. The average molecular weight is 342 g/mol. The molecular formula is C16H24ClN3O3. The largest absolute Gasteiger partial charge is 0.481 e. The van der Waals surface area contributed by atoms with Gasteiger partial charge in [-0.05, 0) is 25.5 Å². The molecule has 1 aromatic carbocycles. The molecule has 1 aromatic rings. The van der Waals surface area contributed by atoms with Crippen LogP contribution in [0.15, 0.2) is 24.3 Å². The van der Waals surface area contributed by atoms with E-state index in [1.165, 1.54) is 0 Å². The minimum Gasteiger partial charge on any atom is -0.481 e. The zero-order valence-corrected chi connectivity index (χ0v) is 14.3. The molecule has 7 heteroatoms. The molecule has 1 unspecified atom stereocenters. The van der Waals surface area contributed by atoms with Crippen LogP contribution in [0.2, 0.25) is 0 Å². The summed E-state index contributed by atoms with van der Waals surface area (Å²) in [5.74, 6) is 0.597. The van der Waals surface area contributed by atoms with Crippen LogP contribution in [0, 0.1) is 6.92 Å². The van der Waals surface area contributed by atoms with Crippen LogP contribution in [-0.2, 0) is 9.59 Å². The third-order valence-corrected chi connectivity index (χ3v) is 3.86. The zero-order valence-electron chi connectivity index (χ0n) is 13.5. The van der Waals surface area contributed by atoms with Gasteiger partial charge in [-0.15, -0.1) is 12.4 Å². The molecule has 2 rings (SSSR count). The lowest BCUT2D eigenvalue weighted by Gasteiger charge is -2.35. The van der Waals surface area contributed by atoms with E-state index in [1.54, 1.807) is 16.7 Å². The Bertz CT molecular complexity index is 545. The van der Waals surface area contributed by atoms with Crippen LogP contribution in [0.4, 0.5) is 0 Å². The van der Waals surface area contributed by atoms with E-state index in [0.717, 1.165) is 11.3 Å². The first-order valence-corrected chi connectivity index (χ1v) is 7.52. The number of nitrogens with two attached hydrogens (primary N) is 1. The summed E-state index contributed by atoms with van der Waals surface area (Å²) in [6, 6.07) is 7.62. The lowest BCUT2D eigenvalue weighted by atomic mass is 10.2. The van der Waals surface area contributed by atoms with Gasteiger partial charge in [0.2, 0.25) is 5.91 Å². The predicted octanol–water partition coefficient (Wildman–Crippen LogP) is 0.814. The molecule has 1 fully saturated rings. The summed E-state index contributed by atoms with van der Waals surface area (Å²) in [6.45, 7) is 5.81. The summed E-state index contributed by atoms with van der Waals surface area (Å²) in [5, 5.41) is 0. The van der Waals surface area contributed by atoms with E-state index in [2.05, 4.69) is 0 Å². The Morgan fingerprint density at radius 1 is 1.17 bits per heavy atom. The first kappa shape index (κ1) is 19.3. The van der Waals surface area contributed by atoms with Gasteiger partial charge in [-0.2, -0.15) is 0 Å². The van der Waals surface area contributed by atoms with Gasteiger partial charge in [-0.3, -0.25) is 9.59 Å². The molecule has 128 valence electrons. The number of carbonyl (C=O) groups is 2. The molecule has 1 aliphatic heterocycles. The average Bonchev–Trinajstić information content (AvgIpc) is 2.55. The molecule has 0 bridgehead atoms. The lowest BCUT2D eigenvalue weighted by Crippen LogP contribution is -2.54. The van der Waals surface area contributed by atoms with Crippen molar-refractivity contribution in [2.45, 2.75) is 20.0 Å². The summed E-state index contributed by atoms with van der Waals surface area (Å²) in [6.07, 6.45) is -0.544. The molecule has 0 aliphatic carbocycles. The second kappa shape index (κ2) is 8.74. The Kier molecular flexibility index (Phi) is 7.32. The van der Waals surface area contributed by atoms with Crippen LogP contribution >= 0.6 is 12.4 Å². The van der Waals surface area contributed by atoms with Gasteiger partial charge in [-0.1, -0.05) is 18.2 Å². The quantitative estimate of drug-likeness (QED) is 0.879. The van der Waals surface area contributed by atoms with Crippen molar-refractivity contribution >= 4 is 24.2 Å². The van der Waals surface area contributed by atoms with Crippen molar-refractivity contribution in [2.75, 3.05) is 32.7 Å². The van der Waals surface area contributed by atoms with Crippen molar-refractivity contribution in [1.29, 1.82) is 0 Å². The number of benzene rings is 1. The van der Waals surface area contributed by atoms with E-state index in [4.69, 9.17) is 10.5 Å². The second-order valence-corrected chi connectivity index (χ2v) is 5.44. The summed E-state index contributed by atoms with van der Waals surface area (Å²) in [4.78, 5) is 27.4. The molecular weight excluding hydrogens is 318 g/mol. The van der Waals surface area contributed by atoms with Gasteiger partial charge in [0.25, 0.3) is 5.91 Å². The predicted molar refractivity (Wildman–Crippen MR) is 90.7 cm³/mol. The summed E-state index contributed by atoms with van der Waals surface area (Å²) >= 11 is 0. The van der Waals surface area contributed by atoms with Crippen LogP contribution in [0.1, 0.15) is 12.5 Å². The molecule has 1 heterocycles. The fourth-order valence-electron chi connectivity index (χ4n) is 2.49. The van der Waals surface area contributed by atoms with Crippen LogP contribution in [0.25, 0.3) is 0 Å². The molecule has 2 N–H and O–H groups in total. The summed E-state index contributed by atoms with van der Waals surface area (Å²) in [5.41, 5.74) is 6.35. The molecule has 23 heavy (non-hydrogen) atoms. The number of hydrogen-bond acceptors (Lipinski definition) is 4. The SMILES string of the molecule is Cc1ccccc1OC(C)C(=O)N1CCN(C(=O)CN)CC1.Cl. The fourth-order valence-corrected chi connectivity index (χ4v) is 2.49. The van der Waals surface area contributed by atoms with Crippen LogP contribution < -0.4 is 10.5 Å². The maximum Gasteiger partial charge on any atom is 0.263 e. The zero-order chi connectivity index (χ0) is 16.1. The van der Waals surface area contributed by atoms with Crippen LogP contribution in [-0.4, -0.2) is 60.4 Å². The van der Waals surface area contributed by atoms with E-state index in [0.29, 0.717) is 26.2 Å². The van der Waals surface area contributed by atoms with Crippen molar-refractivity contribution in [3.63, 3.8) is 0 Å². The van der Waals surface area contributed by atoms with Crippen LogP contribution in [0.3, 0.4) is 0 Å². The molecule has 0 saturated carbocycles. The van der Waals surface area contributed by atoms with Crippen molar-refractivity contribution < 1.29 is 14.3 Å².